The lowest BCUT2D eigenvalue weighted by molar-refractivity contribution is -0.0578. The number of nitrogens with zero attached hydrogens (tertiary/aromatic N) is 1. The first-order valence-electron chi connectivity index (χ1n) is 4.48. The molecule has 84 valence electrons. The maximum Gasteiger partial charge on any atom is 0.338 e. The van der Waals surface area contributed by atoms with Crippen LogP contribution in [0.15, 0.2) is 12.1 Å². The van der Waals surface area contributed by atoms with E-state index >= 15 is 0 Å². The molecule has 1 aromatic rings. The van der Waals surface area contributed by atoms with Crippen LogP contribution < -0.4 is 5.73 Å². The first-order valence-corrected chi connectivity index (χ1v) is 5.30. The first-order chi connectivity index (χ1) is 7.09. The molecular weight excluding hydrogens is 216 g/mol. The number of hydrogen-bond donors (Lipinski definition) is 2. The van der Waals surface area contributed by atoms with E-state index in [4.69, 9.17) is 15.7 Å². The Bertz CT molecular complexity index is 327. The van der Waals surface area contributed by atoms with Gasteiger partial charge in [0, 0.05) is 9.75 Å². The smallest absolute Gasteiger partial charge is 0.338 e. The van der Waals surface area contributed by atoms with Gasteiger partial charge in [0.15, 0.2) is 0 Å². The molecular formula is C9H14N2O3S. The predicted molar refractivity (Wildman–Crippen MR) is 56.8 cm³/mol. The summed E-state index contributed by atoms with van der Waals surface area (Å²) in [5, 5.41) is 9.34. The van der Waals surface area contributed by atoms with Crippen molar-refractivity contribution in [3.8, 4) is 0 Å². The zero-order valence-electron chi connectivity index (χ0n) is 8.47. The number of carbonyl (C=O) groups excluding carboxylic acids is 1. The second-order valence-electron chi connectivity index (χ2n) is 3.03. The molecule has 1 heterocycles. The molecule has 0 aromatic carbocycles. The maximum atomic E-state index is 10.4. The highest BCUT2D eigenvalue weighted by molar-refractivity contribution is 7.11. The van der Waals surface area contributed by atoms with Gasteiger partial charge in [0.1, 0.15) is 0 Å². The third kappa shape index (κ3) is 4.28. The lowest BCUT2D eigenvalue weighted by atomic mass is 10.4. The van der Waals surface area contributed by atoms with Crippen molar-refractivity contribution >= 4 is 17.4 Å². The highest BCUT2D eigenvalue weighted by Gasteiger charge is 2.04. The number of rotatable bonds is 5. The molecule has 0 fully saturated rings. The van der Waals surface area contributed by atoms with Gasteiger partial charge in [-0.05, 0) is 19.1 Å². The summed E-state index contributed by atoms with van der Waals surface area (Å²) in [4.78, 5) is 12.8. The van der Waals surface area contributed by atoms with E-state index in [0.29, 0.717) is 11.7 Å². The number of ether oxygens (including phenoxy) is 1. The average Bonchev–Trinajstić information content (AvgIpc) is 2.58. The molecule has 1 aromatic heterocycles. The highest BCUT2D eigenvalue weighted by Crippen LogP contribution is 2.15. The number of urea groups is 1. The van der Waals surface area contributed by atoms with Gasteiger partial charge in [-0.1, -0.05) is 0 Å². The Morgan fingerprint density at radius 1 is 1.67 bits per heavy atom. The molecule has 0 radical (unpaired) electrons. The van der Waals surface area contributed by atoms with Crippen LogP contribution in [-0.4, -0.2) is 29.5 Å². The van der Waals surface area contributed by atoms with Gasteiger partial charge in [-0.3, -0.25) is 5.21 Å². The van der Waals surface area contributed by atoms with Crippen LogP contribution in [0, 0.1) is 6.92 Å². The number of carbonyl (C=O) groups is 1. The number of hydroxylamine groups is 2. The summed E-state index contributed by atoms with van der Waals surface area (Å²) in [5.41, 5.74) is 4.82. The van der Waals surface area contributed by atoms with Gasteiger partial charge in [-0.25, -0.2) is 9.86 Å². The third-order valence-electron chi connectivity index (χ3n) is 1.74. The van der Waals surface area contributed by atoms with E-state index in [9.17, 15) is 4.79 Å². The molecule has 0 atom stereocenters. The van der Waals surface area contributed by atoms with Crippen LogP contribution in [0.5, 0.6) is 0 Å². The standard InChI is InChI=1S/C9H14N2O3S/c1-7-2-3-8(15-7)6-14-5-4-11(13)9(10)12/h2-3,13H,4-6H2,1H3,(H2,10,12). The fourth-order valence-electron chi connectivity index (χ4n) is 0.997. The molecule has 0 bridgehead atoms. The monoisotopic (exact) mass is 230 g/mol. The molecule has 3 N–H and O–H groups in total. The summed E-state index contributed by atoms with van der Waals surface area (Å²) in [7, 11) is 0. The first kappa shape index (κ1) is 12.0. The topological polar surface area (TPSA) is 75.8 Å². The number of thiophene rings is 1. The number of hydrogen-bond acceptors (Lipinski definition) is 4. The minimum Gasteiger partial charge on any atom is -0.374 e. The molecule has 1 rings (SSSR count). The molecule has 15 heavy (non-hydrogen) atoms. The van der Waals surface area contributed by atoms with E-state index in [2.05, 4.69) is 0 Å². The number of aryl methyl sites for hydroxylation is 1. The number of amides is 2. The van der Waals surface area contributed by atoms with Gasteiger partial charge >= 0.3 is 6.03 Å². The molecule has 2 amide bonds. The van der Waals surface area contributed by atoms with Gasteiger partial charge in [-0.2, -0.15) is 0 Å². The quantitative estimate of drug-likeness (QED) is 0.455. The largest absolute Gasteiger partial charge is 0.374 e. The minimum atomic E-state index is -0.870. The van der Waals surface area contributed by atoms with E-state index in [0.717, 1.165) is 4.88 Å². The highest BCUT2D eigenvalue weighted by atomic mass is 32.1. The van der Waals surface area contributed by atoms with Crippen molar-refractivity contribution in [3.63, 3.8) is 0 Å². The van der Waals surface area contributed by atoms with Gasteiger partial charge in [0.25, 0.3) is 0 Å². The summed E-state index contributed by atoms with van der Waals surface area (Å²) in [6.07, 6.45) is 0. The van der Waals surface area contributed by atoms with Gasteiger partial charge in [0.05, 0.1) is 19.8 Å². The molecule has 6 heteroatoms. The second-order valence-corrected chi connectivity index (χ2v) is 4.40. The van der Waals surface area contributed by atoms with Crippen molar-refractivity contribution < 1.29 is 14.7 Å². The van der Waals surface area contributed by atoms with Crippen molar-refractivity contribution in [2.45, 2.75) is 13.5 Å². The molecule has 0 saturated carbocycles. The maximum absolute atomic E-state index is 10.4. The summed E-state index contributed by atoms with van der Waals surface area (Å²) in [6.45, 7) is 2.86. The Morgan fingerprint density at radius 2 is 2.40 bits per heavy atom. The number of nitrogens with two attached hydrogens (primary N) is 1. The van der Waals surface area contributed by atoms with Crippen LogP contribution in [0.3, 0.4) is 0 Å². The fraction of sp³-hybridized carbons (Fsp3) is 0.444. The Morgan fingerprint density at radius 3 is 2.93 bits per heavy atom. The predicted octanol–water partition coefficient (Wildman–Crippen LogP) is 1.34. The zero-order valence-corrected chi connectivity index (χ0v) is 9.29. The van der Waals surface area contributed by atoms with Crippen molar-refractivity contribution in [2.24, 2.45) is 5.73 Å². The summed E-state index contributed by atoms with van der Waals surface area (Å²) < 4.78 is 5.25. The van der Waals surface area contributed by atoms with Crippen LogP contribution in [0.1, 0.15) is 9.75 Å². The Kier molecular flexibility index (Phi) is 4.54. The summed E-state index contributed by atoms with van der Waals surface area (Å²) in [6, 6.07) is 3.14. The van der Waals surface area contributed by atoms with E-state index in [-0.39, 0.29) is 13.2 Å². The van der Waals surface area contributed by atoms with Crippen LogP contribution in [0.25, 0.3) is 0 Å². The molecule has 0 spiro atoms. The molecule has 0 aliphatic heterocycles. The molecule has 0 aliphatic rings. The van der Waals surface area contributed by atoms with Crippen molar-refractivity contribution in [2.75, 3.05) is 13.2 Å². The Labute approximate surface area is 92.0 Å². The van der Waals surface area contributed by atoms with Gasteiger partial charge < -0.3 is 10.5 Å². The molecule has 0 aliphatic carbocycles. The lowest BCUT2D eigenvalue weighted by Crippen LogP contribution is -2.35. The summed E-state index contributed by atoms with van der Waals surface area (Å²) >= 11 is 1.66. The third-order valence-corrected chi connectivity index (χ3v) is 2.72. The average molecular weight is 230 g/mol. The summed E-state index contributed by atoms with van der Waals surface area (Å²) in [5.74, 6) is 0. The Hall–Kier alpha value is -1.11. The van der Waals surface area contributed by atoms with Crippen LogP contribution >= 0.6 is 11.3 Å². The van der Waals surface area contributed by atoms with Crippen molar-refractivity contribution in [1.82, 2.24) is 5.06 Å². The zero-order chi connectivity index (χ0) is 11.3. The van der Waals surface area contributed by atoms with Gasteiger partial charge in [0.2, 0.25) is 0 Å². The normalized spacial score (nSPS) is 10.3. The molecule has 5 nitrogen and oxygen atoms in total. The SMILES string of the molecule is Cc1ccc(COCCN(O)C(N)=O)s1. The van der Waals surface area contributed by atoms with E-state index in [1.165, 1.54) is 4.88 Å². The van der Waals surface area contributed by atoms with Crippen LogP contribution in [-0.2, 0) is 11.3 Å². The number of primary amides is 1. The van der Waals surface area contributed by atoms with E-state index < -0.39 is 6.03 Å². The van der Waals surface area contributed by atoms with E-state index in [1.54, 1.807) is 11.3 Å². The van der Waals surface area contributed by atoms with Crippen molar-refractivity contribution in [1.29, 1.82) is 0 Å². The molecule has 0 saturated heterocycles. The lowest BCUT2D eigenvalue weighted by Gasteiger charge is -2.11. The van der Waals surface area contributed by atoms with Gasteiger partial charge in [-0.15, -0.1) is 11.3 Å². The Balaban J connectivity index is 2.14. The van der Waals surface area contributed by atoms with Crippen molar-refractivity contribution in [3.05, 3.63) is 21.9 Å². The van der Waals surface area contributed by atoms with Crippen LogP contribution in [0.2, 0.25) is 0 Å². The second kappa shape index (κ2) is 5.69. The van der Waals surface area contributed by atoms with E-state index in [1.807, 2.05) is 19.1 Å². The van der Waals surface area contributed by atoms with Crippen LogP contribution in [0.4, 0.5) is 4.79 Å². The fourth-order valence-corrected chi connectivity index (χ4v) is 1.82. The minimum absolute atomic E-state index is 0.0830. The molecule has 0 unspecified atom stereocenters.